The molecule has 1 saturated heterocycles. The van der Waals surface area contributed by atoms with Gasteiger partial charge in [-0.3, -0.25) is 4.98 Å². The number of halogens is 2. The second-order valence-corrected chi connectivity index (χ2v) is 6.94. The summed E-state index contributed by atoms with van der Waals surface area (Å²) in [7, 11) is 0. The molecule has 0 bridgehead atoms. The number of rotatable bonds is 3. The average Bonchev–Trinajstić information content (AvgIpc) is 2.97. The summed E-state index contributed by atoms with van der Waals surface area (Å²) in [5.74, 6) is 0.625. The van der Waals surface area contributed by atoms with Gasteiger partial charge in [0, 0.05) is 43.3 Å². The largest absolute Gasteiger partial charge is 0.381 e. The first-order valence-electron chi connectivity index (χ1n) is 8.04. The van der Waals surface area contributed by atoms with Crippen molar-refractivity contribution in [3.63, 3.8) is 0 Å². The lowest BCUT2D eigenvalue weighted by molar-refractivity contribution is 0.0616. The van der Waals surface area contributed by atoms with E-state index in [0.29, 0.717) is 16.0 Å². The van der Waals surface area contributed by atoms with Crippen molar-refractivity contribution >= 4 is 34.2 Å². The predicted molar refractivity (Wildman–Crippen MR) is 96.5 cm³/mol. The van der Waals surface area contributed by atoms with Gasteiger partial charge < -0.3 is 9.30 Å². The Morgan fingerprint density at radius 2 is 1.96 bits per heavy atom. The second-order valence-electron chi connectivity index (χ2n) is 6.13. The molecule has 3 aromatic rings. The molecule has 0 spiro atoms. The highest BCUT2D eigenvalue weighted by atomic mass is 35.5. The number of fused-ring (bicyclic) bond motifs is 1. The summed E-state index contributed by atoms with van der Waals surface area (Å²) in [6, 6.07) is 5.86. The Kier molecular flexibility index (Phi) is 4.44. The Hall–Kier alpha value is -1.62. The zero-order chi connectivity index (χ0) is 16.5. The van der Waals surface area contributed by atoms with Crippen molar-refractivity contribution in [1.82, 2.24) is 14.5 Å². The third-order valence-electron chi connectivity index (χ3n) is 4.57. The molecule has 6 heteroatoms. The van der Waals surface area contributed by atoms with Gasteiger partial charge in [-0.1, -0.05) is 23.2 Å². The number of nitrogens with zero attached hydrogens (tertiary/aromatic N) is 3. The molecule has 0 radical (unpaired) electrons. The van der Waals surface area contributed by atoms with E-state index in [1.54, 1.807) is 12.4 Å². The monoisotopic (exact) mass is 361 g/mol. The molecule has 0 N–H and O–H groups in total. The topological polar surface area (TPSA) is 39.9 Å². The zero-order valence-electron chi connectivity index (χ0n) is 13.1. The standard InChI is InChI=1S/C18H17Cl2N3O/c19-15-8-17-18(7-14(15)13-1-4-21-9-16(13)20)23(11-22-17)10-12-2-5-24-6-3-12/h1,4,7-9,11-12H,2-3,5-6,10H2. The van der Waals surface area contributed by atoms with E-state index in [-0.39, 0.29) is 0 Å². The summed E-state index contributed by atoms with van der Waals surface area (Å²) >= 11 is 12.8. The highest BCUT2D eigenvalue weighted by molar-refractivity contribution is 6.36. The van der Waals surface area contributed by atoms with Crippen LogP contribution in [0.15, 0.2) is 36.9 Å². The van der Waals surface area contributed by atoms with Crippen molar-refractivity contribution in [1.29, 1.82) is 0 Å². The SMILES string of the molecule is Clc1cnccc1-c1cc2c(cc1Cl)ncn2CC1CCOCC1. The van der Waals surface area contributed by atoms with E-state index in [4.69, 9.17) is 27.9 Å². The van der Waals surface area contributed by atoms with Crippen molar-refractivity contribution in [2.45, 2.75) is 19.4 Å². The van der Waals surface area contributed by atoms with Crippen LogP contribution in [-0.4, -0.2) is 27.7 Å². The van der Waals surface area contributed by atoms with Crippen molar-refractivity contribution in [2.24, 2.45) is 5.92 Å². The number of hydrogen-bond acceptors (Lipinski definition) is 3. The third-order valence-corrected chi connectivity index (χ3v) is 5.18. The number of hydrogen-bond donors (Lipinski definition) is 0. The van der Waals surface area contributed by atoms with E-state index in [0.717, 1.165) is 54.8 Å². The molecule has 0 amide bonds. The Bertz CT molecular complexity index is 872. The molecular formula is C18H17Cl2N3O. The van der Waals surface area contributed by atoms with Crippen molar-refractivity contribution < 1.29 is 4.74 Å². The zero-order valence-corrected chi connectivity index (χ0v) is 14.6. The highest BCUT2D eigenvalue weighted by Crippen LogP contribution is 2.35. The Balaban J connectivity index is 1.75. The summed E-state index contributed by atoms with van der Waals surface area (Å²) in [6.45, 7) is 2.65. The van der Waals surface area contributed by atoms with Gasteiger partial charge in [-0.15, -0.1) is 0 Å². The quantitative estimate of drug-likeness (QED) is 0.670. The van der Waals surface area contributed by atoms with E-state index >= 15 is 0 Å². The predicted octanol–water partition coefficient (Wildman–Crippen LogP) is 4.83. The molecule has 0 saturated carbocycles. The summed E-state index contributed by atoms with van der Waals surface area (Å²) in [5, 5.41) is 1.24. The van der Waals surface area contributed by atoms with Crippen LogP contribution in [-0.2, 0) is 11.3 Å². The number of benzene rings is 1. The van der Waals surface area contributed by atoms with Gasteiger partial charge in [-0.2, -0.15) is 0 Å². The van der Waals surface area contributed by atoms with E-state index in [1.165, 1.54) is 0 Å². The van der Waals surface area contributed by atoms with Gasteiger partial charge >= 0.3 is 0 Å². The molecule has 3 heterocycles. The van der Waals surface area contributed by atoms with Gasteiger partial charge in [-0.05, 0) is 37.0 Å². The van der Waals surface area contributed by atoms with Crippen molar-refractivity contribution in [2.75, 3.05) is 13.2 Å². The van der Waals surface area contributed by atoms with Crippen LogP contribution >= 0.6 is 23.2 Å². The van der Waals surface area contributed by atoms with Gasteiger partial charge in [0.15, 0.2) is 0 Å². The minimum Gasteiger partial charge on any atom is -0.381 e. The maximum Gasteiger partial charge on any atom is 0.0958 e. The Morgan fingerprint density at radius 1 is 1.12 bits per heavy atom. The van der Waals surface area contributed by atoms with Gasteiger partial charge in [0.2, 0.25) is 0 Å². The summed E-state index contributed by atoms with van der Waals surface area (Å²) < 4.78 is 7.66. The van der Waals surface area contributed by atoms with Crippen molar-refractivity contribution in [3.8, 4) is 11.1 Å². The van der Waals surface area contributed by atoms with Crippen molar-refractivity contribution in [3.05, 3.63) is 47.0 Å². The Morgan fingerprint density at radius 3 is 2.75 bits per heavy atom. The maximum atomic E-state index is 6.47. The van der Waals surface area contributed by atoms with Gasteiger partial charge in [0.1, 0.15) is 0 Å². The molecule has 2 aromatic heterocycles. The number of aromatic nitrogens is 3. The fourth-order valence-electron chi connectivity index (χ4n) is 3.23. The maximum absolute atomic E-state index is 6.47. The first-order valence-corrected chi connectivity index (χ1v) is 8.80. The first-order chi connectivity index (χ1) is 11.7. The molecule has 124 valence electrons. The number of ether oxygens (including phenoxy) is 1. The van der Waals surface area contributed by atoms with E-state index < -0.39 is 0 Å². The van der Waals surface area contributed by atoms with Crippen LogP contribution in [0.5, 0.6) is 0 Å². The smallest absolute Gasteiger partial charge is 0.0958 e. The molecule has 0 atom stereocenters. The van der Waals surface area contributed by atoms with Gasteiger partial charge in [0.25, 0.3) is 0 Å². The van der Waals surface area contributed by atoms with Crippen LogP contribution in [0.2, 0.25) is 10.0 Å². The lowest BCUT2D eigenvalue weighted by atomic mass is 10.00. The van der Waals surface area contributed by atoms with Crippen LogP contribution in [0.4, 0.5) is 0 Å². The van der Waals surface area contributed by atoms with Crippen LogP contribution in [0.3, 0.4) is 0 Å². The van der Waals surface area contributed by atoms with Gasteiger partial charge in [0.05, 0.1) is 27.4 Å². The van der Waals surface area contributed by atoms with Crippen LogP contribution in [0.1, 0.15) is 12.8 Å². The average molecular weight is 362 g/mol. The fraction of sp³-hybridized carbons (Fsp3) is 0.333. The molecule has 0 aliphatic carbocycles. The van der Waals surface area contributed by atoms with Crippen LogP contribution < -0.4 is 0 Å². The molecule has 4 nitrogen and oxygen atoms in total. The molecular weight excluding hydrogens is 345 g/mol. The normalized spacial score (nSPS) is 15.9. The number of imidazole rings is 1. The molecule has 24 heavy (non-hydrogen) atoms. The highest BCUT2D eigenvalue weighted by Gasteiger charge is 2.17. The van der Waals surface area contributed by atoms with E-state index in [9.17, 15) is 0 Å². The fourth-order valence-corrected chi connectivity index (χ4v) is 3.71. The Labute approximate surface area is 150 Å². The lowest BCUT2D eigenvalue weighted by Gasteiger charge is -2.22. The minimum absolute atomic E-state index is 0.592. The molecule has 1 aliphatic rings. The summed E-state index contributed by atoms with van der Waals surface area (Å²) in [6.07, 6.45) is 7.44. The second kappa shape index (κ2) is 6.71. The summed E-state index contributed by atoms with van der Waals surface area (Å²) in [4.78, 5) is 8.55. The minimum atomic E-state index is 0.592. The number of pyridine rings is 1. The molecule has 0 unspecified atom stereocenters. The van der Waals surface area contributed by atoms with Crippen LogP contribution in [0, 0.1) is 5.92 Å². The van der Waals surface area contributed by atoms with Crippen LogP contribution in [0.25, 0.3) is 22.2 Å². The van der Waals surface area contributed by atoms with E-state index in [1.807, 2.05) is 18.5 Å². The third kappa shape index (κ3) is 3.02. The molecule has 4 rings (SSSR count). The van der Waals surface area contributed by atoms with Gasteiger partial charge in [-0.25, -0.2) is 4.98 Å². The summed E-state index contributed by atoms with van der Waals surface area (Å²) in [5.41, 5.74) is 3.78. The molecule has 1 aliphatic heterocycles. The van der Waals surface area contributed by atoms with E-state index in [2.05, 4.69) is 20.6 Å². The first kappa shape index (κ1) is 15.9. The molecule has 1 aromatic carbocycles. The lowest BCUT2D eigenvalue weighted by Crippen LogP contribution is -2.20. The molecule has 1 fully saturated rings.